The molecule has 25 heavy (non-hydrogen) atoms. The molecule has 0 aromatic rings. The summed E-state index contributed by atoms with van der Waals surface area (Å²) in [5.41, 5.74) is -6.76. The first-order chi connectivity index (χ1) is 11.1. The Morgan fingerprint density at radius 2 is 1.36 bits per heavy atom. The molecule has 1 rings (SSSR count). The quantitative estimate of drug-likeness (QED) is 0.497. The van der Waals surface area contributed by atoms with Crippen LogP contribution in [0.3, 0.4) is 0 Å². The number of halogens is 12. The van der Waals surface area contributed by atoms with Gasteiger partial charge in [-0.15, -0.1) is 0 Å². The highest BCUT2D eigenvalue weighted by Gasteiger charge is 2.91. The summed E-state index contributed by atoms with van der Waals surface area (Å²) >= 11 is 0. The van der Waals surface area contributed by atoms with Gasteiger partial charge in [0, 0.05) is 0 Å². The van der Waals surface area contributed by atoms with Gasteiger partial charge in [0.15, 0.2) is 0 Å². The lowest BCUT2D eigenvalue weighted by Gasteiger charge is -2.43. The van der Waals surface area contributed by atoms with Crippen molar-refractivity contribution in [1.29, 1.82) is 0 Å². The van der Waals surface area contributed by atoms with Crippen LogP contribution in [-0.4, -0.2) is 30.9 Å². The van der Waals surface area contributed by atoms with E-state index < -0.39 is 54.9 Å². The van der Waals surface area contributed by atoms with E-state index in [4.69, 9.17) is 0 Å². The molecule has 1 aliphatic heterocycles. The van der Waals surface area contributed by atoms with E-state index in [1.807, 2.05) is 0 Å². The van der Waals surface area contributed by atoms with Crippen LogP contribution in [0.2, 0.25) is 0 Å². The molecule has 0 radical (unpaired) electrons. The van der Waals surface area contributed by atoms with Crippen molar-refractivity contribution in [2.45, 2.75) is 24.0 Å². The molecule has 1 fully saturated rings. The van der Waals surface area contributed by atoms with Gasteiger partial charge in [0.25, 0.3) is 0 Å². The Morgan fingerprint density at radius 3 is 1.68 bits per heavy atom. The van der Waals surface area contributed by atoms with Gasteiger partial charge in [-0.3, -0.25) is 0 Å². The summed E-state index contributed by atoms with van der Waals surface area (Å²) in [4.78, 5) is 0. The molecular weight excluding hydrogens is 400 g/mol. The fourth-order valence-electron chi connectivity index (χ4n) is 1.34. The molecule has 146 valence electrons. The van der Waals surface area contributed by atoms with Crippen molar-refractivity contribution < 1.29 is 71.6 Å². The highest BCUT2D eigenvalue weighted by molar-refractivity contribution is 5.10. The van der Waals surface area contributed by atoms with Gasteiger partial charge in [-0.1, -0.05) is 0 Å². The number of rotatable bonds is 5. The average molecular weight is 402 g/mol. The third-order valence-electron chi connectivity index (χ3n) is 2.36. The van der Waals surface area contributed by atoms with Gasteiger partial charge in [0.2, 0.25) is 6.86 Å². The molecule has 0 atom stereocenters. The lowest BCUT2D eigenvalue weighted by molar-refractivity contribution is -0.516. The normalized spacial score (nSPS) is 24.7. The topological polar surface area (TPSA) is 36.9 Å². The Bertz CT molecular complexity index is 557. The molecule has 1 heterocycles. The Morgan fingerprint density at radius 1 is 0.920 bits per heavy atom. The number of ether oxygens (including phenoxy) is 4. The van der Waals surface area contributed by atoms with Gasteiger partial charge in [-0.05, 0) is 0 Å². The van der Waals surface area contributed by atoms with E-state index in [9.17, 15) is 52.7 Å². The summed E-state index contributed by atoms with van der Waals surface area (Å²) in [7, 11) is 0. The fourth-order valence-corrected chi connectivity index (χ4v) is 1.34. The van der Waals surface area contributed by atoms with Gasteiger partial charge in [0.05, 0.1) is 0 Å². The van der Waals surface area contributed by atoms with Crippen LogP contribution in [0.5, 0.6) is 0 Å². The zero-order valence-corrected chi connectivity index (χ0v) is 10.9. The molecule has 0 amide bonds. The summed E-state index contributed by atoms with van der Waals surface area (Å²) in [6.07, 6.45) is -26.6. The van der Waals surface area contributed by atoms with Crippen molar-refractivity contribution >= 4 is 0 Å². The molecule has 0 aromatic carbocycles. The molecule has 0 spiro atoms. The molecule has 16 heteroatoms. The highest BCUT2D eigenvalue weighted by atomic mass is 19.3. The standard InChI is InChI=1S/C9H2F12O4/c10-1-22-4(2(11)12)23-7(16,17)6(15)8(18,19)24-5(3(13)14)25-9(6,20)21/h1H2. The minimum Gasteiger partial charge on any atom is -0.429 e. The van der Waals surface area contributed by atoms with E-state index in [0.717, 1.165) is 0 Å². The van der Waals surface area contributed by atoms with Crippen LogP contribution >= 0.6 is 0 Å². The van der Waals surface area contributed by atoms with Gasteiger partial charge in [-0.2, -0.15) is 43.9 Å². The first-order valence-corrected chi connectivity index (χ1v) is 5.31. The van der Waals surface area contributed by atoms with Crippen LogP contribution in [0, 0.1) is 0 Å². The van der Waals surface area contributed by atoms with Crippen LogP contribution in [0.25, 0.3) is 0 Å². The maximum atomic E-state index is 13.9. The molecule has 0 bridgehead atoms. The Kier molecular flexibility index (Phi) is 5.25. The van der Waals surface area contributed by atoms with E-state index in [2.05, 4.69) is 18.9 Å². The molecule has 4 nitrogen and oxygen atoms in total. The number of hydrogen-bond donors (Lipinski definition) is 0. The van der Waals surface area contributed by atoms with Crippen LogP contribution in [0.15, 0.2) is 24.1 Å². The van der Waals surface area contributed by atoms with Gasteiger partial charge in [-0.25, -0.2) is 8.78 Å². The molecule has 0 aromatic heterocycles. The largest absolute Gasteiger partial charge is 0.456 e. The Hall–Kier alpha value is -2.16. The van der Waals surface area contributed by atoms with Crippen LogP contribution in [0.1, 0.15) is 0 Å². The predicted molar refractivity (Wildman–Crippen MR) is 47.5 cm³/mol. The maximum absolute atomic E-state index is 13.9. The van der Waals surface area contributed by atoms with Crippen molar-refractivity contribution in [3.8, 4) is 0 Å². The van der Waals surface area contributed by atoms with Crippen LogP contribution in [0.4, 0.5) is 52.7 Å². The smallest absolute Gasteiger partial charge is 0.429 e. The third kappa shape index (κ3) is 3.33. The van der Waals surface area contributed by atoms with Gasteiger partial charge in [0.1, 0.15) is 0 Å². The molecule has 0 unspecified atom stereocenters. The molecular formula is C9H2F12O4. The Labute approximate surface area is 128 Å². The average Bonchev–Trinajstić information content (AvgIpc) is 2.42. The molecule has 0 aliphatic carbocycles. The second kappa shape index (κ2) is 6.29. The third-order valence-corrected chi connectivity index (χ3v) is 2.36. The van der Waals surface area contributed by atoms with Crippen molar-refractivity contribution in [2.24, 2.45) is 0 Å². The van der Waals surface area contributed by atoms with Crippen molar-refractivity contribution in [2.75, 3.05) is 6.86 Å². The number of hydrogen-bond acceptors (Lipinski definition) is 4. The van der Waals surface area contributed by atoms with Crippen LogP contribution < -0.4 is 0 Å². The van der Waals surface area contributed by atoms with E-state index in [1.165, 1.54) is 0 Å². The zero-order chi connectivity index (χ0) is 19.8. The zero-order valence-electron chi connectivity index (χ0n) is 10.9. The second-order valence-electron chi connectivity index (χ2n) is 3.86. The summed E-state index contributed by atoms with van der Waals surface area (Å²) in [6.45, 7) is -2.35. The highest BCUT2D eigenvalue weighted by Crippen LogP contribution is 2.59. The molecule has 1 aliphatic rings. The maximum Gasteiger partial charge on any atom is 0.456 e. The van der Waals surface area contributed by atoms with Gasteiger partial charge < -0.3 is 18.9 Å². The van der Waals surface area contributed by atoms with E-state index in [-0.39, 0.29) is 0 Å². The van der Waals surface area contributed by atoms with Crippen molar-refractivity contribution in [3.05, 3.63) is 24.1 Å². The minimum atomic E-state index is -6.76. The van der Waals surface area contributed by atoms with Crippen molar-refractivity contribution in [1.82, 2.24) is 0 Å². The lowest BCUT2D eigenvalue weighted by atomic mass is 10.0. The summed E-state index contributed by atoms with van der Waals surface area (Å²) in [5, 5.41) is 0. The lowest BCUT2D eigenvalue weighted by Crippen LogP contribution is -2.71. The first-order valence-electron chi connectivity index (χ1n) is 5.31. The molecule has 1 saturated heterocycles. The number of alkyl halides is 8. The molecule has 0 saturated carbocycles. The van der Waals surface area contributed by atoms with Gasteiger partial charge >= 0.3 is 48.0 Å². The first kappa shape index (κ1) is 20.9. The summed E-state index contributed by atoms with van der Waals surface area (Å²) < 4.78 is 165. The predicted octanol–water partition coefficient (Wildman–Crippen LogP) is 4.61. The summed E-state index contributed by atoms with van der Waals surface area (Å²) in [6, 6.07) is 0. The fraction of sp³-hybridized carbons (Fsp3) is 0.556. The van der Waals surface area contributed by atoms with Crippen molar-refractivity contribution in [3.63, 3.8) is 0 Å². The van der Waals surface area contributed by atoms with Crippen LogP contribution in [-0.2, 0) is 18.9 Å². The van der Waals surface area contributed by atoms with E-state index in [0.29, 0.717) is 0 Å². The Balaban J connectivity index is 3.44. The molecule has 0 N–H and O–H groups in total. The van der Waals surface area contributed by atoms with E-state index in [1.54, 1.807) is 0 Å². The van der Waals surface area contributed by atoms with E-state index >= 15 is 0 Å². The monoisotopic (exact) mass is 402 g/mol. The summed E-state index contributed by atoms with van der Waals surface area (Å²) in [5.74, 6) is -5.94. The SMILES string of the molecule is FCOC(OC(F)(F)C1(F)C(F)(F)OC(=C(F)F)OC1(F)F)=C(F)F. The minimum absolute atomic E-state index is 2.35. The second-order valence-corrected chi connectivity index (χ2v) is 3.86.